The highest BCUT2D eigenvalue weighted by molar-refractivity contribution is 5.97. The number of benzene rings is 1. The summed E-state index contributed by atoms with van der Waals surface area (Å²) in [5.41, 5.74) is 0.356. The van der Waals surface area contributed by atoms with Crippen LogP contribution in [0.4, 0.5) is 0 Å². The molecule has 0 aliphatic rings. The molecule has 1 aromatic carbocycles. The minimum Gasteiger partial charge on any atom is -0.497 e. The normalized spacial score (nSPS) is 11.7. The highest BCUT2D eigenvalue weighted by atomic mass is 16.5. The summed E-state index contributed by atoms with van der Waals surface area (Å²) in [6.07, 6.45) is 0.324. The van der Waals surface area contributed by atoms with Crippen LogP contribution >= 0.6 is 0 Å². The molecule has 0 fully saturated rings. The zero-order valence-corrected chi connectivity index (χ0v) is 13.5. The molecule has 0 aliphatic heterocycles. The number of carbonyl (C=O) groups excluding carboxylic acids is 2. The van der Waals surface area contributed by atoms with E-state index in [9.17, 15) is 14.4 Å². The molecule has 0 radical (unpaired) electrons. The van der Waals surface area contributed by atoms with Gasteiger partial charge in [0.25, 0.3) is 5.91 Å². The summed E-state index contributed by atoms with van der Waals surface area (Å²) in [5, 5.41) is 13.9. The maximum Gasteiger partial charge on any atom is 0.326 e. The third-order valence-corrected chi connectivity index (χ3v) is 3.08. The van der Waals surface area contributed by atoms with Gasteiger partial charge in [0, 0.05) is 5.56 Å². The van der Waals surface area contributed by atoms with Crippen LogP contribution in [0.5, 0.6) is 5.75 Å². The molecule has 0 bridgehead atoms. The minimum absolute atomic E-state index is 0.128. The van der Waals surface area contributed by atoms with Gasteiger partial charge in [-0.3, -0.25) is 9.59 Å². The standard InChI is InChI=1S/C16H22N2O5/c1-10(2)7-13(16(21)22)18-14(19)9-17-15(20)11-5-4-6-12(8-11)23-3/h4-6,8,10,13H,7,9H2,1-3H3,(H,17,20)(H,18,19)(H,21,22)/t13-/m1/s1. The zero-order chi connectivity index (χ0) is 17.4. The van der Waals surface area contributed by atoms with Crippen molar-refractivity contribution in [2.75, 3.05) is 13.7 Å². The molecule has 126 valence electrons. The van der Waals surface area contributed by atoms with E-state index < -0.39 is 23.8 Å². The second kappa shape index (κ2) is 8.77. The van der Waals surface area contributed by atoms with E-state index in [0.717, 1.165) is 0 Å². The maximum absolute atomic E-state index is 12.0. The number of methoxy groups -OCH3 is 1. The summed E-state index contributed by atoms with van der Waals surface area (Å²) in [7, 11) is 1.49. The van der Waals surface area contributed by atoms with Gasteiger partial charge in [0.05, 0.1) is 13.7 Å². The lowest BCUT2D eigenvalue weighted by Gasteiger charge is -2.16. The summed E-state index contributed by atoms with van der Waals surface area (Å²) in [6, 6.07) is 5.54. The second-order valence-electron chi connectivity index (χ2n) is 5.50. The minimum atomic E-state index is -1.09. The number of carboxylic acid groups (broad SMARTS) is 1. The fourth-order valence-electron chi connectivity index (χ4n) is 1.97. The Morgan fingerprint density at radius 3 is 2.52 bits per heavy atom. The first-order valence-corrected chi connectivity index (χ1v) is 7.28. The maximum atomic E-state index is 12.0. The van der Waals surface area contributed by atoms with E-state index in [1.165, 1.54) is 7.11 Å². The van der Waals surface area contributed by atoms with Gasteiger partial charge >= 0.3 is 5.97 Å². The van der Waals surface area contributed by atoms with Crippen LogP contribution in [-0.4, -0.2) is 42.6 Å². The zero-order valence-electron chi connectivity index (χ0n) is 13.5. The van der Waals surface area contributed by atoms with Crippen molar-refractivity contribution in [2.45, 2.75) is 26.3 Å². The number of ether oxygens (including phenoxy) is 1. The Morgan fingerprint density at radius 2 is 1.96 bits per heavy atom. The van der Waals surface area contributed by atoms with Gasteiger partial charge in [-0.15, -0.1) is 0 Å². The Labute approximate surface area is 135 Å². The quantitative estimate of drug-likeness (QED) is 0.663. The summed E-state index contributed by atoms with van der Waals surface area (Å²) in [5.74, 6) is -1.41. The van der Waals surface area contributed by atoms with Crippen molar-refractivity contribution in [2.24, 2.45) is 5.92 Å². The summed E-state index contributed by atoms with van der Waals surface area (Å²) < 4.78 is 5.02. The molecule has 7 nitrogen and oxygen atoms in total. The number of nitrogens with one attached hydrogen (secondary N) is 2. The van der Waals surface area contributed by atoms with Gasteiger partial charge < -0.3 is 20.5 Å². The molecule has 23 heavy (non-hydrogen) atoms. The monoisotopic (exact) mass is 322 g/mol. The fraction of sp³-hybridized carbons (Fsp3) is 0.438. The molecule has 0 aromatic heterocycles. The van der Waals surface area contributed by atoms with Crippen LogP contribution in [0.3, 0.4) is 0 Å². The molecule has 0 aliphatic carbocycles. The summed E-state index contributed by atoms with van der Waals surface area (Å²) >= 11 is 0. The Balaban J connectivity index is 2.54. The van der Waals surface area contributed by atoms with E-state index in [4.69, 9.17) is 9.84 Å². The van der Waals surface area contributed by atoms with Crippen LogP contribution in [0.15, 0.2) is 24.3 Å². The molecule has 0 unspecified atom stereocenters. The lowest BCUT2D eigenvalue weighted by molar-refractivity contribution is -0.142. The first kappa shape index (κ1) is 18.5. The second-order valence-corrected chi connectivity index (χ2v) is 5.50. The number of carboxylic acids is 1. The SMILES string of the molecule is COc1cccc(C(=O)NCC(=O)N[C@H](CC(C)C)C(=O)O)c1. The third kappa shape index (κ3) is 6.37. The summed E-state index contributed by atoms with van der Waals surface area (Å²) in [4.78, 5) is 34.8. The van der Waals surface area contributed by atoms with Crippen molar-refractivity contribution in [1.82, 2.24) is 10.6 Å². The lowest BCUT2D eigenvalue weighted by atomic mass is 10.0. The molecule has 0 saturated carbocycles. The van der Waals surface area contributed by atoms with Gasteiger partial charge in [0.2, 0.25) is 5.91 Å². The molecular formula is C16H22N2O5. The molecule has 1 atom stereocenters. The van der Waals surface area contributed by atoms with Gasteiger partial charge in [-0.05, 0) is 30.5 Å². The van der Waals surface area contributed by atoms with E-state index in [2.05, 4.69) is 10.6 Å². The van der Waals surface area contributed by atoms with E-state index in [-0.39, 0.29) is 12.5 Å². The number of rotatable bonds is 8. The van der Waals surface area contributed by atoms with Crippen LogP contribution in [0.2, 0.25) is 0 Å². The van der Waals surface area contributed by atoms with Crippen molar-refractivity contribution in [3.63, 3.8) is 0 Å². The van der Waals surface area contributed by atoms with Crippen LogP contribution < -0.4 is 15.4 Å². The third-order valence-electron chi connectivity index (χ3n) is 3.08. The molecular weight excluding hydrogens is 300 g/mol. The highest BCUT2D eigenvalue weighted by Gasteiger charge is 2.21. The number of aliphatic carboxylic acids is 1. The molecule has 1 aromatic rings. The molecule has 7 heteroatoms. The predicted molar refractivity (Wildman–Crippen MR) is 84.3 cm³/mol. The molecule has 0 saturated heterocycles. The number of hydrogen-bond donors (Lipinski definition) is 3. The Bertz CT molecular complexity index is 571. The van der Waals surface area contributed by atoms with Crippen LogP contribution in [0.1, 0.15) is 30.6 Å². The fourth-order valence-corrected chi connectivity index (χ4v) is 1.97. The molecule has 0 heterocycles. The number of amides is 2. The van der Waals surface area contributed by atoms with Gasteiger partial charge in [-0.2, -0.15) is 0 Å². The molecule has 3 N–H and O–H groups in total. The number of carbonyl (C=O) groups is 3. The van der Waals surface area contributed by atoms with Crippen molar-refractivity contribution < 1.29 is 24.2 Å². The van der Waals surface area contributed by atoms with E-state index in [1.54, 1.807) is 24.3 Å². The van der Waals surface area contributed by atoms with Crippen molar-refractivity contribution in [3.05, 3.63) is 29.8 Å². The Hall–Kier alpha value is -2.57. The average molecular weight is 322 g/mol. The predicted octanol–water partition coefficient (Wildman–Crippen LogP) is 1.04. The first-order valence-electron chi connectivity index (χ1n) is 7.28. The van der Waals surface area contributed by atoms with Crippen molar-refractivity contribution >= 4 is 17.8 Å². The van der Waals surface area contributed by atoms with Gasteiger partial charge in [-0.1, -0.05) is 19.9 Å². The average Bonchev–Trinajstić information content (AvgIpc) is 2.51. The highest BCUT2D eigenvalue weighted by Crippen LogP contribution is 2.12. The Kier molecular flexibility index (Phi) is 7.05. The smallest absolute Gasteiger partial charge is 0.326 e. The van der Waals surface area contributed by atoms with Crippen LogP contribution in [-0.2, 0) is 9.59 Å². The van der Waals surface area contributed by atoms with Crippen LogP contribution in [0.25, 0.3) is 0 Å². The largest absolute Gasteiger partial charge is 0.497 e. The first-order chi connectivity index (χ1) is 10.8. The topological polar surface area (TPSA) is 105 Å². The summed E-state index contributed by atoms with van der Waals surface area (Å²) in [6.45, 7) is 3.44. The Morgan fingerprint density at radius 1 is 1.26 bits per heavy atom. The van der Waals surface area contributed by atoms with Gasteiger partial charge in [-0.25, -0.2) is 4.79 Å². The van der Waals surface area contributed by atoms with E-state index in [0.29, 0.717) is 17.7 Å². The van der Waals surface area contributed by atoms with Gasteiger partial charge in [0.1, 0.15) is 11.8 Å². The molecule has 0 spiro atoms. The van der Waals surface area contributed by atoms with Crippen molar-refractivity contribution in [3.8, 4) is 5.75 Å². The van der Waals surface area contributed by atoms with E-state index in [1.807, 2.05) is 13.8 Å². The number of hydrogen-bond acceptors (Lipinski definition) is 4. The van der Waals surface area contributed by atoms with Crippen molar-refractivity contribution in [1.29, 1.82) is 0 Å². The van der Waals surface area contributed by atoms with E-state index >= 15 is 0 Å². The lowest BCUT2D eigenvalue weighted by Crippen LogP contribution is -2.46. The van der Waals surface area contributed by atoms with Gasteiger partial charge in [0.15, 0.2) is 0 Å². The molecule has 2 amide bonds. The van der Waals surface area contributed by atoms with Crippen LogP contribution in [0, 0.1) is 5.92 Å². The molecule has 1 rings (SSSR count).